The molecule has 0 spiro atoms. The Morgan fingerprint density at radius 2 is 2.21 bits per heavy atom. The van der Waals surface area contributed by atoms with Crippen LogP contribution in [-0.4, -0.2) is 15.2 Å². The average Bonchev–Trinajstić information content (AvgIpc) is 2.93. The number of nitrogens with one attached hydrogen (secondary N) is 1. The summed E-state index contributed by atoms with van der Waals surface area (Å²) in [5.41, 5.74) is 3.35. The normalized spacial score (nSPS) is 10.6. The Labute approximate surface area is 113 Å². The summed E-state index contributed by atoms with van der Waals surface area (Å²) in [6, 6.07) is 9.71. The van der Waals surface area contributed by atoms with Crippen LogP contribution in [0.5, 0.6) is 5.75 Å². The fourth-order valence-corrected chi connectivity index (χ4v) is 2.21. The largest absolute Gasteiger partial charge is 0.486 e. The van der Waals surface area contributed by atoms with Gasteiger partial charge in [0.2, 0.25) is 5.13 Å². The predicted octanol–water partition coefficient (Wildman–Crippen LogP) is 1.95. The summed E-state index contributed by atoms with van der Waals surface area (Å²) < 4.78 is 5.66. The lowest BCUT2D eigenvalue weighted by atomic mass is 10.2. The minimum absolute atomic E-state index is 0.359. The summed E-state index contributed by atoms with van der Waals surface area (Å²) in [5, 5.41) is 10.2. The summed E-state index contributed by atoms with van der Waals surface area (Å²) in [7, 11) is 0. The van der Waals surface area contributed by atoms with E-state index in [1.165, 1.54) is 11.3 Å². The summed E-state index contributed by atoms with van der Waals surface area (Å²) in [4.78, 5) is 4.28. The van der Waals surface area contributed by atoms with Gasteiger partial charge in [-0.1, -0.05) is 17.4 Å². The number of ether oxygens (including phenoxy) is 1. The first-order valence-electron chi connectivity index (χ1n) is 5.62. The molecule has 3 rings (SSSR count). The number of hydrazine groups is 1. The number of benzene rings is 1. The summed E-state index contributed by atoms with van der Waals surface area (Å²) in [5.74, 6) is 5.99. The highest BCUT2D eigenvalue weighted by molar-refractivity contribution is 7.15. The third-order valence-electron chi connectivity index (χ3n) is 2.53. The van der Waals surface area contributed by atoms with E-state index < -0.39 is 0 Å². The minimum Gasteiger partial charge on any atom is -0.486 e. The number of anilines is 1. The fraction of sp³-hybridized carbons (Fsp3) is 0.0833. The first kappa shape index (κ1) is 11.8. The van der Waals surface area contributed by atoms with Crippen LogP contribution in [-0.2, 0) is 6.61 Å². The van der Waals surface area contributed by atoms with Gasteiger partial charge in [0, 0.05) is 17.6 Å². The fourth-order valence-electron chi connectivity index (χ4n) is 1.65. The van der Waals surface area contributed by atoms with Crippen LogP contribution < -0.4 is 16.0 Å². The Balaban J connectivity index is 1.74. The predicted molar refractivity (Wildman–Crippen MR) is 73.8 cm³/mol. The summed E-state index contributed by atoms with van der Waals surface area (Å²) >= 11 is 1.36. The number of nitrogens with two attached hydrogens (primary N) is 1. The summed E-state index contributed by atoms with van der Waals surface area (Å²) in [6.45, 7) is 0.359. The zero-order valence-electron chi connectivity index (χ0n) is 9.91. The van der Waals surface area contributed by atoms with Gasteiger partial charge in [-0.2, -0.15) is 0 Å². The first-order chi connectivity index (χ1) is 9.35. The van der Waals surface area contributed by atoms with E-state index in [9.17, 15) is 0 Å². The molecule has 0 saturated heterocycles. The molecule has 0 atom stereocenters. The molecule has 0 fully saturated rings. The second-order valence-electron chi connectivity index (χ2n) is 3.79. The van der Waals surface area contributed by atoms with Gasteiger partial charge in [0.1, 0.15) is 12.4 Å². The monoisotopic (exact) mass is 273 g/mol. The maximum atomic E-state index is 5.66. The van der Waals surface area contributed by atoms with Gasteiger partial charge in [0.15, 0.2) is 5.01 Å². The van der Waals surface area contributed by atoms with E-state index in [0.29, 0.717) is 11.7 Å². The second kappa shape index (κ2) is 5.17. The molecule has 2 heterocycles. The van der Waals surface area contributed by atoms with Crippen molar-refractivity contribution < 1.29 is 4.74 Å². The van der Waals surface area contributed by atoms with Gasteiger partial charge in [0.05, 0.1) is 5.52 Å². The van der Waals surface area contributed by atoms with Crippen LogP contribution in [0.25, 0.3) is 10.9 Å². The number of fused-ring (bicyclic) bond motifs is 1. The van der Waals surface area contributed by atoms with Gasteiger partial charge in [-0.3, -0.25) is 10.4 Å². The van der Waals surface area contributed by atoms with Crippen LogP contribution in [0, 0.1) is 0 Å². The smallest absolute Gasteiger partial charge is 0.219 e. The second-order valence-corrected chi connectivity index (χ2v) is 4.85. The van der Waals surface area contributed by atoms with Gasteiger partial charge < -0.3 is 4.74 Å². The van der Waals surface area contributed by atoms with Gasteiger partial charge in [-0.15, -0.1) is 10.2 Å². The summed E-state index contributed by atoms with van der Waals surface area (Å²) in [6.07, 6.45) is 1.76. The van der Waals surface area contributed by atoms with Gasteiger partial charge in [0.25, 0.3) is 0 Å². The molecule has 0 unspecified atom stereocenters. The highest BCUT2D eigenvalue weighted by atomic mass is 32.1. The number of rotatable bonds is 4. The van der Waals surface area contributed by atoms with Crippen molar-refractivity contribution in [3.05, 3.63) is 41.5 Å². The molecule has 0 aliphatic carbocycles. The Kier molecular flexibility index (Phi) is 3.21. The van der Waals surface area contributed by atoms with Crippen LogP contribution in [0.15, 0.2) is 36.5 Å². The van der Waals surface area contributed by atoms with Crippen molar-refractivity contribution in [2.75, 3.05) is 5.43 Å². The molecule has 19 heavy (non-hydrogen) atoms. The molecule has 0 bridgehead atoms. The van der Waals surface area contributed by atoms with Gasteiger partial charge in [-0.05, 0) is 18.2 Å². The maximum Gasteiger partial charge on any atom is 0.219 e. The standard InChI is InChI=1S/C12H11N5OS/c13-15-12-17-16-11(19-12)7-18-9-4-3-8-2-1-5-14-10(8)6-9/h1-6H,7,13H2,(H,15,17). The molecule has 3 aromatic rings. The number of pyridine rings is 1. The zero-order valence-corrected chi connectivity index (χ0v) is 10.7. The molecule has 0 amide bonds. The van der Waals surface area contributed by atoms with Crippen LogP contribution in [0.2, 0.25) is 0 Å². The van der Waals surface area contributed by atoms with E-state index in [1.54, 1.807) is 6.20 Å². The maximum absolute atomic E-state index is 5.66. The Morgan fingerprint density at radius 3 is 3.05 bits per heavy atom. The quantitative estimate of drug-likeness (QED) is 0.558. The molecule has 6 nitrogen and oxygen atoms in total. The van der Waals surface area contributed by atoms with Crippen LogP contribution in [0.1, 0.15) is 5.01 Å². The highest BCUT2D eigenvalue weighted by Crippen LogP contribution is 2.21. The van der Waals surface area contributed by atoms with E-state index in [-0.39, 0.29) is 0 Å². The molecular formula is C12H11N5OS. The van der Waals surface area contributed by atoms with Crippen molar-refractivity contribution in [1.82, 2.24) is 15.2 Å². The molecule has 0 aliphatic rings. The molecule has 0 saturated carbocycles. The zero-order chi connectivity index (χ0) is 13.1. The van der Waals surface area contributed by atoms with Crippen molar-refractivity contribution in [3.8, 4) is 5.75 Å². The van der Waals surface area contributed by atoms with Crippen molar-refractivity contribution in [3.63, 3.8) is 0 Å². The van der Waals surface area contributed by atoms with E-state index in [1.807, 2.05) is 30.3 Å². The number of hydrogen-bond acceptors (Lipinski definition) is 7. The highest BCUT2D eigenvalue weighted by Gasteiger charge is 2.04. The van der Waals surface area contributed by atoms with Gasteiger partial charge >= 0.3 is 0 Å². The molecule has 3 N–H and O–H groups in total. The van der Waals surface area contributed by atoms with E-state index in [2.05, 4.69) is 20.6 Å². The van der Waals surface area contributed by atoms with Crippen LogP contribution in [0.4, 0.5) is 5.13 Å². The number of hydrogen-bond donors (Lipinski definition) is 2. The topological polar surface area (TPSA) is 86.0 Å². The van der Waals surface area contributed by atoms with Crippen molar-refractivity contribution in [2.24, 2.45) is 5.84 Å². The molecule has 96 valence electrons. The molecule has 0 aliphatic heterocycles. The Hall–Kier alpha value is -2.25. The SMILES string of the molecule is NNc1nnc(COc2ccc3cccnc3c2)s1. The van der Waals surface area contributed by atoms with E-state index in [4.69, 9.17) is 10.6 Å². The first-order valence-corrected chi connectivity index (χ1v) is 6.43. The molecule has 7 heteroatoms. The van der Waals surface area contributed by atoms with E-state index >= 15 is 0 Å². The number of nitrogens with zero attached hydrogens (tertiary/aromatic N) is 3. The molecule has 1 aromatic carbocycles. The van der Waals surface area contributed by atoms with Crippen molar-refractivity contribution >= 4 is 27.4 Å². The average molecular weight is 273 g/mol. The third kappa shape index (κ3) is 2.61. The van der Waals surface area contributed by atoms with Crippen LogP contribution >= 0.6 is 11.3 Å². The molecule has 2 aromatic heterocycles. The third-order valence-corrected chi connectivity index (χ3v) is 3.36. The lowest BCUT2D eigenvalue weighted by Crippen LogP contribution is -2.05. The number of aromatic nitrogens is 3. The molecule has 0 radical (unpaired) electrons. The lowest BCUT2D eigenvalue weighted by Gasteiger charge is -2.04. The Morgan fingerprint density at radius 1 is 1.26 bits per heavy atom. The lowest BCUT2D eigenvalue weighted by molar-refractivity contribution is 0.305. The minimum atomic E-state index is 0.359. The molecular weight excluding hydrogens is 262 g/mol. The van der Waals surface area contributed by atoms with Crippen molar-refractivity contribution in [1.29, 1.82) is 0 Å². The van der Waals surface area contributed by atoms with Crippen molar-refractivity contribution in [2.45, 2.75) is 6.61 Å². The van der Waals surface area contributed by atoms with E-state index in [0.717, 1.165) is 21.7 Å². The number of nitrogen functional groups attached to an aromatic ring is 1. The van der Waals surface area contributed by atoms with Gasteiger partial charge in [-0.25, -0.2) is 5.84 Å². The Bertz CT molecular complexity index is 699. The van der Waals surface area contributed by atoms with Crippen LogP contribution in [0.3, 0.4) is 0 Å².